The van der Waals surface area contributed by atoms with Gasteiger partial charge < -0.3 is 10.4 Å². The Morgan fingerprint density at radius 2 is 2.36 bits per heavy atom. The summed E-state index contributed by atoms with van der Waals surface area (Å²) in [5, 5.41) is 11.9. The topological polar surface area (TPSA) is 49.3 Å². The van der Waals surface area contributed by atoms with Crippen molar-refractivity contribution in [2.45, 2.75) is 18.9 Å². The van der Waals surface area contributed by atoms with Gasteiger partial charge in [-0.05, 0) is 53.1 Å². The van der Waals surface area contributed by atoms with Gasteiger partial charge in [0, 0.05) is 9.26 Å². The van der Waals surface area contributed by atoms with Crippen molar-refractivity contribution in [1.82, 2.24) is 0 Å². The van der Waals surface area contributed by atoms with E-state index >= 15 is 0 Å². The highest BCUT2D eigenvalue weighted by Crippen LogP contribution is 2.28. The normalized spacial score (nSPS) is 19.6. The molecule has 0 bridgehead atoms. The van der Waals surface area contributed by atoms with Crippen LogP contribution in [0.15, 0.2) is 18.2 Å². The second-order valence-electron chi connectivity index (χ2n) is 3.34. The molecule has 1 aliphatic rings. The Bertz CT molecular complexity index is 378. The fourth-order valence-electron chi connectivity index (χ4n) is 1.68. The van der Waals surface area contributed by atoms with Gasteiger partial charge in [0.25, 0.3) is 0 Å². The Labute approximate surface area is 95.7 Å². The van der Waals surface area contributed by atoms with E-state index in [1.807, 2.05) is 18.2 Å². The molecule has 0 saturated carbocycles. The number of hydrogen-bond donors (Lipinski definition) is 2. The second-order valence-corrected chi connectivity index (χ2v) is 4.50. The molecule has 4 heteroatoms. The van der Waals surface area contributed by atoms with Crippen molar-refractivity contribution in [2.24, 2.45) is 0 Å². The SMILES string of the molecule is O=C(O)C1CCc2c(I)cccc2N1. The zero-order valence-electron chi connectivity index (χ0n) is 7.46. The highest BCUT2D eigenvalue weighted by atomic mass is 127. The van der Waals surface area contributed by atoms with Crippen LogP contribution in [0, 0.1) is 3.57 Å². The van der Waals surface area contributed by atoms with Gasteiger partial charge in [-0.1, -0.05) is 6.07 Å². The van der Waals surface area contributed by atoms with Crippen LogP contribution in [-0.4, -0.2) is 17.1 Å². The molecule has 2 rings (SSSR count). The third-order valence-corrected chi connectivity index (χ3v) is 3.44. The maximum absolute atomic E-state index is 10.8. The molecule has 1 aliphatic heterocycles. The van der Waals surface area contributed by atoms with Crippen LogP contribution in [0.2, 0.25) is 0 Å². The van der Waals surface area contributed by atoms with Crippen LogP contribution < -0.4 is 5.32 Å². The van der Waals surface area contributed by atoms with Gasteiger partial charge in [-0.15, -0.1) is 0 Å². The Morgan fingerprint density at radius 3 is 3.07 bits per heavy atom. The molecule has 14 heavy (non-hydrogen) atoms. The van der Waals surface area contributed by atoms with E-state index in [9.17, 15) is 4.79 Å². The van der Waals surface area contributed by atoms with E-state index < -0.39 is 12.0 Å². The lowest BCUT2D eigenvalue weighted by Gasteiger charge is -2.24. The third-order valence-electron chi connectivity index (χ3n) is 2.43. The highest BCUT2D eigenvalue weighted by molar-refractivity contribution is 14.1. The Kier molecular flexibility index (Phi) is 2.62. The van der Waals surface area contributed by atoms with E-state index in [0.717, 1.165) is 12.1 Å². The van der Waals surface area contributed by atoms with Crippen LogP contribution in [0.5, 0.6) is 0 Å². The van der Waals surface area contributed by atoms with Crippen LogP contribution in [0.25, 0.3) is 0 Å². The number of anilines is 1. The number of halogens is 1. The monoisotopic (exact) mass is 303 g/mol. The molecular formula is C10H10INO2. The van der Waals surface area contributed by atoms with Crippen LogP contribution in [0.3, 0.4) is 0 Å². The molecule has 74 valence electrons. The van der Waals surface area contributed by atoms with Crippen molar-refractivity contribution in [1.29, 1.82) is 0 Å². The van der Waals surface area contributed by atoms with E-state index in [4.69, 9.17) is 5.11 Å². The number of carboxylic acids is 1. The lowest BCUT2D eigenvalue weighted by atomic mass is 9.98. The van der Waals surface area contributed by atoms with Gasteiger partial charge in [-0.25, -0.2) is 4.79 Å². The van der Waals surface area contributed by atoms with Crippen molar-refractivity contribution in [3.8, 4) is 0 Å². The number of hydrogen-bond acceptors (Lipinski definition) is 2. The van der Waals surface area contributed by atoms with Crippen LogP contribution in [0.4, 0.5) is 5.69 Å². The Hall–Kier alpha value is -0.780. The smallest absolute Gasteiger partial charge is 0.326 e. The maximum atomic E-state index is 10.8. The van der Waals surface area contributed by atoms with Crippen LogP contribution >= 0.6 is 22.6 Å². The fourth-order valence-corrected chi connectivity index (χ4v) is 2.45. The molecule has 1 atom stereocenters. The van der Waals surface area contributed by atoms with Gasteiger partial charge in [0.15, 0.2) is 0 Å². The van der Waals surface area contributed by atoms with Gasteiger partial charge in [0.2, 0.25) is 0 Å². The van der Waals surface area contributed by atoms with Crippen molar-refractivity contribution < 1.29 is 9.90 Å². The molecule has 1 aromatic carbocycles. The van der Waals surface area contributed by atoms with E-state index in [1.54, 1.807) is 0 Å². The Balaban J connectivity index is 2.31. The number of carbonyl (C=O) groups is 1. The number of benzene rings is 1. The Morgan fingerprint density at radius 1 is 1.57 bits per heavy atom. The predicted octanol–water partition coefficient (Wildman–Crippen LogP) is 2.10. The molecule has 0 fully saturated rings. The number of nitrogens with one attached hydrogen (secondary N) is 1. The van der Waals surface area contributed by atoms with Gasteiger partial charge in [-0.2, -0.15) is 0 Å². The fraction of sp³-hybridized carbons (Fsp3) is 0.300. The summed E-state index contributed by atoms with van der Waals surface area (Å²) in [5.74, 6) is -0.769. The standard InChI is InChI=1S/C10H10INO2/c11-7-2-1-3-8-6(7)4-5-9(12-8)10(13)14/h1-3,9,12H,4-5H2,(H,13,14). The molecular weight excluding hydrogens is 293 g/mol. The number of carboxylic acid groups (broad SMARTS) is 1. The molecule has 0 saturated heterocycles. The first-order chi connectivity index (χ1) is 6.68. The molecule has 0 aliphatic carbocycles. The average Bonchev–Trinajstić information content (AvgIpc) is 2.17. The third kappa shape index (κ3) is 1.70. The summed E-state index contributed by atoms with van der Waals surface area (Å²) >= 11 is 2.28. The summed E-state index contributed by atoms with van der Waals surface area (Å²) in [4.78, 5) is 10.8. The first-order valence-corrected chi connectivity index (χ1v) is 5.53. The van der Waals surface area contributed by atoms with Crippen LogP contribution in [-0.2, 0) is 11.2 Å². The molecule has 3 nitrogen and oxygen atoms in total. The first-order valence-electron chi connectivity index (χ1n) is 4.45. The molecule has 0 aromatic heterocycles. The summed E-state index contributed by atoms with van der Waals surface area (Å²) in [6, 6.07) is 5.49. The zero-order valence-corrected chi connectivity index (χ0v) is 9.61. The van der Waals surface area contributed by atoms with Crippen molar-refractivity contribution in [3.05, 3.63) is 27.3 Å². The lowest BCUT2D eigenvalue weighted by Crippen LogP contribution is -2.33. The summed E-state index contributed by atoms with van der Waals surface area (Å²) < 4.78 is 1.21. The van der Waals surface area contributed by atoms with Crippen molar-refractivity contribution in [2.75, 3.05) is 5.32 Å². The summed E-state index contributed by atoms with van der Waals surface area (Å²) in [6.07, 6.45) is 1.51. The molecule has 0 radical (unpaired) electrons. The second kappa shape index (κ2) is 3.76. The summed E-state index contributed by atoms with van der Waals surface area (Å²) in [6.45, 7) is 0. The minimum Gasteiger partial charge on any atom is -0.480 e. The van der Waals surface area contributed by atoms with Crippen LogP contribution in [0.1, 0.15) is 12.0 Å². The minimum absolute atomic E-state index is 0.430. The van der Waals surface area contributed by atoms with E-state index in [-0.39, 0.29) is 0 Å². The van der Waals surface area contributed by atoms with E-state index in [1.165, 1.54) is 9.13 Å². The number of fused-ring (bicyclic) bond motifs is 1. The van der Waals surface area contributed by atoms with Crippen molar-refractivity contribution >= 4 is 34.2 Å². The summed E-state index contributed by atoms with van der Waals surface area (Å²) in [5.41, 5.74) is 2.21. The highest BCUT2D eigenvalue weighted by Gasteiger charge is 2.23. The van der Waals surface area contributed by atoms with Gasteiger partial charge >= 0.3 is 5.97 Å². The van der Waals surface area contributed by atoms with Gasteiger partial charge in [0.1, 0.15) is 6.04 Å². The molecule has 0 spiro atoms. The largest absolute Gasteiger partial charge is 0.480 e. The quantitative estimate of drug-likeness (QED) is 0.781. The predicted molar refractivity (Wildman–Crippen MR) is 62.5 cm³/mol. The summed E-state index contributed by atoms with van der Waals surface area (Å²) in [7, 11) is 0. The number of aliphatic carboxylic acids is 1. The molecule has 1 heterocycles. The zero-order chi connectivity index (χ0) is 10.1. The van der Waals surface area contributed by atoms with E-state index in [0.29, 0.717) is 6.42 Å². The van der Waals surface area contributed by atoms with Gasteiger partial charge in [0.05, 0.1) is 0 Å². The molecule has 1 aromatic rings. The van der Waals surface area contributed by atoms with E-state index in [2.05, 4.69) is 27.9 Å². The van der Waals surface area contributed by atoms with Crippen molar-refractivity contribution in [3.63, 3.8) is 0 Å². The minimum atomic E-state index is -0.769. The first kappa shape index (κ1) is 9.76. The molecule has 2 N–H and O–H groups in total. The average molecular weight is 303 g/mol. The maximum Gasteiger partial charge on any atom is 0.326 e. The molecule has 0 amide bonds. The lowest BCUT2D eigenvalue weighted by molar-refractivity contribution is -0.138. The molecule has 1 unspecified atom stereocenters. The number of rotatable bonds is 1. The van der Waals surface area contributed by atoms with Gasteiger partial charge in [-0.3, -0.25) is 0 Å².